The zero-order valence-corrected chi connectivity index (χ0v) is 13.7. The Bertz CT molecular complexity index is 793. The minimum atomic E-state index is -0.254. The summed E-state index contributed by atoms with van der Waals surface area (Å²) in [6.45, 7) is 3.70. The SMILES string of the molecule is CC(=O)N(CC(=O)NCc1ccccc1C)c1cccc(C#N)c1. The van der Waals surface area contributed by atoms with Gasteiger partial charge in [-0.2, -0.15) is 5.26 Å². The molecule has 0 aliphatic carbocycles. The third-order valence-electron chi connectivity index (χ3n) is 3.71. The first-order valence-electron chi connectivity index (χ1n) is 7.60. The quantitative estimate of drug-likeness (QED) is 0.919. The highest BCUT2D eigenvalue weighted by atomic mass is 16.2. The molecule has 2 aromatic carbocycles. The molecule has 0 fully saturated rings. The van der Waals surface area contributed by atoms with E-state index in [4.69, 9.17) is 5.26 Å². The van der Waals surface area contributed by atoms with E-state index in [0.717, 1.165) is 11.1 Å². The molecule has 5 nitrogen and oxygen atoms in total. The molecule has 0 heterocycles. The molecule has 24 heavy (non-hydrogen) atoms. The minimum absolute atomic E-state index is 0.0872. The average Bonchev–Trinajstić information content (AvgIpc) is 2.58. The summed E-state index contributed by atoms with van der Waals surface area (Å²) >= 11 is 0. The number of nitrogens with one attached hydrogen (secondary N) is 1. The second-order valence-corrected chi connectivity index (χ2v) is 5.47. The van der Waals surface area contributed by atoms with E-state index in [-0.39, 0.29) is 18.4 Å². The summed E-state index contributed by atoms with van der Waals surface area (Å²) < 4.78 is 0. The molecule has 0 saturated carbocycles. The van der Waals surface area contributed by atoms with E-state index >= 15 is 0 Å². The predicted octanol–water partition coefficient (Wildman–Crippen LogP) is 2.54. The zero-order chi connectivity index (χ0) is 17.5. The molecule has 1 N–H and O–H groups in total. The van der Waals surface area contributed by atoms with Gasteiger partial charge in [0.2, 0.25) is 11.8 Å². The van der Waals surface area contributed by atoms with Crippen molar-refractivity contribution in [1.82, 2.24) is 5.32 Å². The monoisotopic (exact) mass is 321 g/mol. The Balaban J connectivity index is 2.05. The van der Waals surface area contributed by atoms with Crippen LogP contribution in [0, 0.1) is 18.3 Å². The topological polar surface area (TPSA) is 73.2 Å². The minimum Gasteiger partial charge on any atom is -0.350 e. The average molecular weight is 321 g/mol. The molecule has 0 spiro atoms. The molecule has 2 rings (SSSR count). The van der Waals surface area contributed by atoms with Gasteiger partial charge in [0.25, 0.3) is 0 Å². The molecule has 2 aromatic rings. The maximum atomic E-state index is 12.2. The van der Waals surface area contributed by atoms with E-state index in [1.807, 2.05) is 37.3 Å². The lowest BCUT2D eigenvalue weighted by molar-refractivity contribution is -0.123. The van der Waals surface area contributed by atoms with Gasteiger partial charge in [0.15, 0.2) is 0 Å². The normalized spacial score (nSPS) is 9.88. The number of nitriles is 1. The van der Waals surface area contributed by atoms with Gasteiger partial charge in [-0.15, -0.1) is 0 Å². The largest absolute Gasteiger partial charge is 0.350 e. The van der Waals surface area contributed by atoms with Crippen molar-refractivity contribution in [3.05, 3.63) is 65.2 Å². The van der Waals surface area contributed by atoms with Gasteiger partial charge in [0.05, 0.1) is 11.6 Å². The second kappa shape index (κ2) is 7.93. The summed E-state index contributed by atoms with van der Waals surface area (Å²) in [5.41, 5.74) is 3.11. The molecule has 0 aromatic heterocycles. The molecule has 5 heteroatoms. The molecule has 0 unspecified atom stereocenters. The molecule has 0 saturated heterocycles. The number of carbonyl (C=O) groups excluding carboxylic acids is 2. The first-order chi connectivity index (χ1) is 11.5. The summed E-state index contributed by atoms with van der Waals surface area (Å²) in [5.74, 6) is -0.507. The number of anilines is 1. The molecule has 0 bridgehead atoms. The van der Waals surface area contributed by atoms with Crippen LogP contribution in [0.2, 0.25) is 0 Å². The number of rotatable bonds is 5. The van der Waals surface area contributed by atoms with Gasteiger partial charge in [-0.1, -0.05) is 30.3 Å². The number of amides is 2. The Morgan fingerprint density at radius 3 is 2.58 bits per heavy atom. The first kappa shape index (κ1) is 17.2. The molecule has 122 valence electrons. The van der Waals surface area contributed by atoms with Crippen LogP contribution in [0.3, 0.4) is 0 Å². The van der Waals surface area contributed by atoms with Gasteiger partial charge in [-0.3, -0.25) is 9.59 Å². The van der Waals surface area contributed by atoms with E-state index in [1.165, 1.54) is 11.8 Å². The van der Waals surface area contributed by atoms with E-state index in [1.54, 1.807) is 24.3 Å². The fourth-order valence-electron chi connectivity index (χ4n) is 2.33. The Labute approximate surface area is 141 Å². The van der Waals surface area contributed by atoms with Crippen LogP contribution in [0.4, 0.5) is 5.69 Å². The van der Waals surface area contributed by atoms with Gasteiger partial charge in [0, 0.05) is 19.2 Å². The highest BCUT2D eigenvalue weighted by Crippen LogP contribution is 2.16. The zero-order valence-electron chi connectivity index (χ0n) is 13.7. The fourth-order valence-corrected chi connectivity index (χ4v) is 2.33. The van der Waals surface area contributed by atoms with Crippen molar-refractivity contribution in [2.45, 2.75) is 20.4 Å². The predicted molar refractivity (Wildman–Crippen MR) is 92.2 cm³/mol. The van der Waals surface area contributed by atoms with Crippen molar-refractivity contribution in [2.24, 2.45) is 0 Å². The van der Waals surface area contributed by atoms with Crippen molar-refractivity contribution in [2.75, 3.05) is 11.4 Å². The summed E-state index contributed by atoms with van der Waals surface area (Å²) in [7, 11) is 0. The van der Waals surface area contributed by atoms with Crippen LogP contribution in [0.1, 0.15) is 23.6 Å². The number of carbonyl (C=O) groups is 2. The molecule has 0 radical (unpaired) electrons. The van der Waals surface area contributed by atoms with Gasteiger partial charge in [-0.05, 0) is 36.2 Å². The maximum absolute atomic E-state index is 12.2. The number of nitrogens with zero attached hydrogens (tertiary/aromatic N) is 2. The first-order valence-corrected chi connectivity index (χ1v) is 7.60. The molecule has 0 atom stereocenters. The van der Waals surface area contributed by atoms with Gasteiger partial charge >= 0.3 is 0 Å². The number of aryl methyl sites for hydroxylation is 1. The van der Waals surface area contributed by atoms with E-state index in [0.29, 0.717) is 17.8 Å². The van der Waals surface area contributed by atoms with E-state index < -0.39 is 0 Å². The standard InChI is InChI=1S/C19H19N3O2/c1-14-6-3-4-8-17(14)12-21-19(24)13-22(15(2)23)18-9-5-7-16(10-18)11-20/h3-10H,12-13H2,1-2H3,(H,21,24). The van der Waals surface area contributed by atoms with E-state index in [2.05, 4.69) is 5.32 Å². The number of benzene rings is 2. The van der Waals surface area contributed by atoms with Crippen LogP contribution in [-0.4, -0.2) is 18.4 Å². The highest BCUT2D eigenvalue weighted by Gasteiger charge is 2.16. The molecular weight excluding hydrogens is 302 g/mol. The molecule has 0 aliphatic heterocycles. The van der Waals surface area contributed by atoms with Crippen molar-refractivity contribution in [3.8, 4) is 6.07 Å². The van der Waals surface area contributed by atoms with Gasteiger partial charge < -0.3 is 10.2 Å². The third-order valence-corrected chi connectivity index (χ3v) is 3.71. The van der Waals surface area contributed by atoms with Crippen LogP contribution >= 0.6 is 0 Å². The van der Waals surface area contributed by atoms with Crippen molar-refractivity contribution in [1.29, 1.82) is 5.26 Å². The second-order valence-electron chi connectivity index (χ2n) is 5.47. The van der Waals surface area contributed by atoms with Crippen LogP contribution < -0.4 is 10.2 Å². The summed E-state index contributed by atoms with van der Waals surface area (Å²) in [6.07, 6.45) is 0. The lowest BCUT2D eigenvalue weighted by Crippen LogP contribution is -2.39. The molecule has 2 amide bonds. The van der Waals surface area contributed by atoms with Crippen molar-refractivity contribution < 1.29 is 9.59 Å². The maximum Gasteiger partial charge on any atom is 0.240 e. The Kier molecular flexibility index (Phi) is 5.69. The highest BCUT2D eigenvalue weighted by molar-refractivity contribution is 5.97. The summed E-state index contributed by atoms with van der Waals surface area (Å²) in [5, 5.41) is 11.8. The van der Waals surface area contributed by atoms with Crippen LogP contribution in [0.5, 0.6) is 0 Å². The lowest BCUT2D eigenvalue weighted by Gasteiger charge is -2.21. The Hall–Kier alpha value is -3.13. The Morgan fingerprint density at radius 2 is 1.92 bits per heavy atom. The van der Waals surface area contributed by atoms with Crippen LogP contribution in [0.25, 0.3) is 0 Å². The number of hydrogen-bond acceptors (Lipinski definition) is 3. The van der Waals surface area contributed by atoms with Crippen LogP contribution in [-0.2, 0) is 16.1 Å². The molecular formula is C19H19N3O2. The van der Waals surface area contributed by atoms with Crippen LogP contribution in [0.15, 0.2) is 48.5 Å². The third kappa shape index (κ3) is 4.43. The van der Waals surface area contributed by atoms with Crippen molar-refractivity contribution >= 4 is 17.5 Å². The van der Waals surface area contributed by atoms with E-state index in [9.17, 15) is 9.59 Å². The lowest BCUT2D eigenvalue weighted by atomic mass is 10.1. The molecule has 0 aliphatic rings. The summed E-state index contributed by atoms with van der Waals surface area (Å²) in [4.78, 5) is 25.4. The van der Waals surface area contributed by atoms with Gasteiger partial charge in [-0.25, -0.2) is 0 Å². The number of hydrogen-bond donors (Lipinski definition) is 1. The summed E-state index contributed by atoms with van der Waals surface area (Å²) in [6, 6.07) is 16.5. The fraction of sp³-hybridized carbons (Fsp3) is 0.211. The smallest absolute Gasteiger partial charge is 0.240 e. The Morgan fingerprint density at radius 1 is 1.17 bits per heavy atom. The van der Waals surface area contributed by atoms with Gasteiger partial charge in [0.1, 0.15) is 6.54 Å². The van der Waals surface area contributed by atoms with Crippen molar-refractivity contribution in [3.63, 3.8) is 0 Å².